The number of hydrogen-bond acceptors (Lipinski definition) is 4. The van der Waals surface area contributed by atoms with E-state index in [2.05, 4.69) is 40.1 Å². The highest BCUT2D eigenvalue weighted by Crippen LogP contribution is 2.29. The quantitative estimate of drug-likeness (QED) is 0.724. The van der Waals surface area contributed by atoms with Gasteiger partial charge in [-0.2, -0.15) is 0 Å². The Labute approximate surface area is 180 Å². The van der Waals surface area contributed by atoms with Gasteiger partial charge in [-0.05, 0) is 56.0 Å². The lowest BCUT2D eigenvalue weighted by Crippen LogP contribution is -2.46. The van der Waals surface area contributed by atoms with E-state index in [4.69, 9.17) is 4.74 Å². The Morgan fingerprint density at radius 3 is 2.43 bits per heavy atom. The molecule has 2 aromatic rings. The molecule has 30 heavy (non-hydrogen) atoms. The van der Waals surface area contributed by atoms with Gasteiger partial charge in [0, 0.05) is 51.4 Å². The second kappa shape index (κ2) is 9.98. The lowest BCUT2D eigenvalue weighted by Gasteiger charge is -2.36. The summed E-state index contributed by atoms with van der Waals surface area (Å²) in [6, 6.07) is 16.5. The fraction of sp³-hybridized carbons (Fsp3) is 0.480. The van der Waals surface area contributed by atoms with Gasteiger partial charge in [-0.3, -0.25) is 9.69 Å². The number of likely N-dealkylation sites (tertiary alicyclic amines) is 1. The summed E-state index contributed by atoms with van der Waals surface area (Å²) in [7, 11) is 0. The Morgan fingerprint density at radius 1 is 0.900 bits per heavy atom. The predicted molar refractivity (Wildman–Crippen MR) is 121 cm³/mol. The summed E-state index contributed by atoms with van der Waals surface area (Å²) >= 11 is 0. The number of piperazine rings is 1. The number of piperidine rings is 1. The van der Waals surface area contributed by atoms with Crippen LogP contribution in [0.15, 0.2) is 48.5 Å². The number of rotatable bonds is 6. The molecule has 2 aliphatic rings. The molecule has 1 amide bonds. The predicted octanol–water partition coefficient (Wildman–Crippen LogP) is 4.03. The third-order valence-electron chi connectivity index (χ3n) is 6.10. The first-order valence-corrected chi connectivity index (χ1v) is 11.3. The maximum Gasteiger partial charge on any atom is 0.253 e. The van der Waals surface area contributed by atoms with Crippen LogP contribution in [0.1, 0.15) is 42.1 Å². The fourth-order valence-corrected chi connectivity index (χ4v) is 4.48. The molecule has 0 atom stereocenters. The van der Waals surface area contributed by atoms with Gasteiger partial charge in [0.25, 0.3) is 5.91 Å². The molecule has 2 heterocycles. The third kappa shape index (κ3) is 4.96. The van der Waals surface area contributed by atoms with Crippen molar-refractivity contribution in [2.75, 3.05) is 50.8 Å². The van der Waals surface area contributed by atoms with Crippen LogP contribution in [0, 0.1) is 0 Å². The minimum atomic E-state index is 0.189. The van der Waals surface area contributed by atoms with Crippen molar-refractivity contribution in [3.63, 3.8) is 0 Å². The van der Waals surface area contributed by atoms with Crippen molar-refractivity contribution in [3.05, 3.63) is 59.7 Å². The Morgan fingerprint density at radius 2 is 1.67 bits per heavy atom. The van der Waals surface area contributed by atoms with E-state index in [0.29, 0.717) is 6.61 Å². The highest BCUT2D eigenvalue weighted by Gasteiger charge is 2.21. The number of carbonyl (C=O) groups excluding carboxylic acids is 1. The zero-order chi connectivity index (χ0) is 20.8. The minimum absolute atomic E-state index is 0.189. The minimum Gasteiger partial charge on any atom is -0.492 e. The Kier molecular flexibility index (Phi) is 6.90. The summed E-state index contributed by atoms with van der Waals surface area (Å²) in [6.45, 7) is 9.37. The van der Waals surface area contributed by atoms with Crippen molar-refractivity contribution in [2.45, 2.75) is 32.7 Å². The van der Waals surface area contributed by atoms with Crippen molar-refractivity contribution < 1.29 is 9.53 Å². The number of carbonyl (C=O) groups is 1. The molecule has 2 saturated heterocycles. The van der Waals surface area contributed by atoms with Gasteiger partial charge in [-0.15, -0.1) is 0 Å². The van der Waals surface area contributed by atoms with Gasteiger partial charge in [0.15, 0.2) is 0 Å². The molecule has 5 nitrogen and oxygen atoms in total. The van der Waals surface area contributed by atoms with Crippen LogP contribution < -0.4 is 9.64 Å². The summed E-state index contributed by atoms with van der Waals surface area (Å²) in [5.74, 6) is 1.16. The zero-order valence-electron chi connectivity index (χ0n) is 18.1. The highest BCUT2D eigenvalue weighted by molar-refractivity contribution is 5.94. The normalized spacial score (nSPS) is 17.8. The smallest absolute Gasteiger partial charge is 0.253 e. The number of hydrogen-bond donors (Lipinski definition) is 0. The summed E-state index contributed by atoms with van der Waals surface area (Å²) < 4.78 is 5.81. The number of benzene rings is 2. The van der Waals surface area contributed by atoms with Crippen LogP contribution >= 0.6 is 0 Å². The maximum absolute atomic E-state index is 12.8. The van der Waals surface area contributed by atoms with Crippen molar-refractivity contribution in [3.8, 4) is 5.75 Å². The lowest BCUT2D eigenvalue weighted by molar-refractivity contribution is 0.0724. The molecule has 0 saturated carbocycles. The molecule has 0 bridgehead atoms. The van der Waals surface area contributed by atoms with E-state index in [1.165, 1.54) is 17.7 Å². The second-order valence-electron chi connectivity index (χ2n) is 8.22. The van der Waals surface area contributed by atoms with Gasteiger partial charge in [0.05, 0.1) is 12.3 Å². The highest BCUT2D eigenvalue weighted by atomic mass is 16.5. The van der Waals surface area contributed by atoms with Crippen molar-refractivity contribution in [1.82, 2.24) is 9.80 Å². The molecule has 0 radical (unpaired) electrons. The van der Waals surface area contributed by atoms with Gasteiger partial charge in [0.1, 0.15) is 5.75 Å². The first-order valence-electron chi connectivity index (χ1n) is 11.3. The second-order valence-corrected chi connectivity index (χ2v) is 8.22. The van der Waals surface area contributed by atoms with Crippen LogP contribution in [-0.4, -0.2) is 61.6 Å². The Balaban J connectivity index is 1.35. The maximum atomic E-state index is 12.8. The van der Waals surface area contributed by atoms with E-state index in [1.807, 2.05) is 30.0 Å². The van der Waals surface area contributed by atoms with E-state index in [1.54, 1.807) is 0 Å². The molecule has 160 valence electrons. The zero-order valence-corrected chi connectivity index (χ0v) is 18.1. The van der Waals surface area contributed by atoms with Crippen molar-refractivity contribution in [1.29, 1.82) is 0 Å². The van der Waals surface area contributed by atoms with Gasteiger partial charge in [-0.25, -0.2) is 0 Å². The van der Waals surface area contributed by atoms with Crippen LogP contribution in [0.4, 0.5) is 5.69 Å². The fourth-order valence-electron chi connectivity index (χ4n) is 4.48. The van der Waals surface area contributed by atoms with E-state index in [-0.39, 0.29) is 5.91 Å². The number of nitrogens with zero attached hydrogens (tertiary/aromatic N) is 3. The van der Waals surface area contributed by atoms with Crippen LogP contribution in [-0.2, 0) is 6.54 Å². The largest absolute Gasteiger partial charge is 0.492 e. The van der Waals surface area contributed by atoms with Crippen LogP contribution in [0.25, 0.3) is 0 Å². The molecule has 2 aromatic carbocycles. The van der Waals surface area contributed by atoms with Crippen LogP contribution in [0.2, 0.25) is 0 Å². The molecule has 0 unspecified atom stereocenters. The molecule has 0 aromatic heterocycles. The van der Waals surface area contributed by atoms with E-state index in [0.717, 1.165) is 70.0 Å². The third-order valence-corrected chi connectivity index (χ3v) is 6.10. The molecule has 0 N–H and O–H groups in total. The van der Waals surface area contributed by atoms with Crippen LogP contribution in [0.3, 0.4) is 0 Å². The summed E-state index contributed by atoms with van der Waals surface area (Å²) in [4.78, 5) is 19.7. The molecule has 0 aliphatic carbocycles. The molecule has 2 fully saturated rings. The average Bonchev–Trinajstić information content (AvgIpc) is 2.81. The first kappa shape index (κ1) is 20.7. The van der Waals surface area contributed by atoms with Crippen molar-refractivity contribution in [2.24, 2.45) is 0 Å². The average molecular weight is 408 g/mol. The number of amides is 1. The number of anilines is 1. The molecular formula is C25H33N3O2. The molecule has 2 aliphatic heterocycles. The topological polar surface area (TPSA) is 36.0 Å². The van der Waals surface area contributed by atoms with Gasteiger partial charge in [-0.1, -0.05) is 24.3 Å². The number of ether oxygens (including phenoxy) is 1. The summed E-state index contributed by atoms with van der Waals surface area (Å²) in [5, 5.41) is 0. The van der Waals surface area contributed by atoms with Gasteiger partial charge < -0.3 is 14.5 Å². The SMILES string of the molecule is CCOc1ccccc1N1CCN(Cc2cccc(C(=O)N3CCCCC3)c2)CC1. The van der Waals surface area contributed by atoms with E-state index >= 15 is 0 Å². The first-order chi connectivity index (χ1) is 14.7. The molecular weight excluding hydrogens is 374 g/mol. The van der Waals surface area contributed by atoms with Gasteiger partial charge in [0.2, 0.25) is 0 Å². The van der Waals surface area contributed by atoms with E-state index < -0.39 is 0 Å². The van der Waals surface area contributed by atoms with Crippen molar-refractivity contribution >= 4 is 11.6 Å². The Bertz CT molecular complexity index is 840. The molecule has 5 heteroatoms. The molecule has 0 spiro atoms. The summed E-state index contributed by atoms with van der Waals surface area (Å²) in [6.07, 6.45) is 3.50. The number of para-hydroxylation sites is 2. The molecule has 4 rings (SSSR count). The van der Waals surface area contributed by atoms with E-state index in [9.17, 15) is 4.79 Å². The van der Waals surface area contributed by atoms with Crippen LogP contribution in [0.5, 0.6) is 5.75 Å². The lowest BCUT2D eigenvalue weighted by atomic mass is 10.1. The van der Waals surface area contributed by atoms with Gasteiger partial charge >= 0.3 is 0 Å². The monoisotopic (exact) mass is 407 g/mol. The summed E-state index contributed by atoms with van der Waals surface area (Å²) in [5.41, 5.74) is 3.24. The standard InChI is InChI=1S/C25H33N3O2/c1-2-30-24-12-5-4-11-23(24)27-17-15-26(16-18-27)20-21-9-8-10-22(19-21)25(29)28-13-6-3-7-14-28/h4-5,8-12,19H,2-3,6-7,13-18,20H2,1H3. The Hall–Kier alpha value is -2.53.